The fourth-order valence-corrected chi connectivity index (χ4v) is 7.33. The lowest BCUT2D eigenvalue weighted by Crippen LogP contribution is -2.52. The van der Waals surface area contributed by atoms with Gasteiger partial charge in [0.2, 0.25) is 15.9 Å². The number of rotatable bonds is 6. The highest BCUT2D eigenvalue weighted by atomic mass is 35.5. The van der Waals surface area contributed by atoms with Crippen molar-refractivity contribution in [3.05, 3.63) is 29.3 Å². The fraction of sp³-hybridized carbons (Fsp3) is 0.632. The van der Waals surface area contributed by atoms with Gasteiger partial charge >= 0.3 is 0 Å². The van der Waals surface area contributed by atoms with Gasteiger partial charge in [-0.05, 0) is 55.9 Å². The SMILES string of the molecule is CS(=O)(=O)N1CCC(CNC(=O)C2(S(=O)(=O)c3ccc(Cl)cc3)CCCC2)CC1. The van der Waals surface area contributed by atoms with E-state index in [1.807, 2.05) is 0 Å². The van der Waals surface area contributed by atoms with Crippen LogP contribution in [0.5, 0.6) is 0 Å². The van der Waals surface area contributed by atoms with Crippen LogP contribution in [0, 0.1) is 5.92 Å². The minimum atomic E-state index is -3.86. The Morgan fingerprint density at radius 1 is 1.10 bits per heavy atom. The molecular weight excluding hydrogens is 436 g/mol. The van der Waals surface area contributed by atoms with Crippen molar-refractivity contribution < 1.29 is 21.6 Å². The van der Waals surface area contributed by atoms with Crippen molar-refractivity contribution in [1.29, 1.82) is 0 Å². The molecule has 10 heteroatoms. The Balaban J connectivity index is 1.70. The fourth-order valence-electron chi connectivity index (χ4n) is 4.25. The van der Waals surface area contributed by atoms with Crippen molar-refractivity contribution in [3.63, 3.8) is 0 Å². The van der Waals surface area contributed by atoms with Gasteiger partial charge in [0.15, 0.2) is 14.6 Å². The van der Waals surface area contributed by atoms with Gasteiger partial charge in [-0.3, -0.25) is 4.79 Å². The van der Waals surface area contributed by atoms with Crippen LogP contribution >= 0.6 is 11.6 Å². The Morgan fingerprint density at radius 2 is 1.66 bits per heavy atom. The molecule has 0 bridgehead atoms. The first kappa shape index (κ1) is 22.5. The molecule has 0 atom stereocenters. The van der Waals surface area contributed by atoms with Crippen LogP contribution in [0.2, 0.25) is 5.02 Å². The smallest absolute Gasteiger partial charge is 0.241 e. The number of amides is 1. The number of hydrogen-bond donors (Lipinski definition) is 1. The van der Waals surface area contributed by atoms with Crippen LogP contribution < -0.4 is 5.32 Å². The Morgan fingerprint density at radius 3 is 2.17 bits per heavy atom. The molecule has 0 unspecified atom stereocenters. The van der Waals surface area contributed by atoms with Gasteiger partial charge in [-0.15, -0.1) is 0 Å². The lowest BCUT2D eigenvalue weighted by molar-refractivity contribution is -0.123. The number of carbonyl (C=O) groups excluding carboxylic acids is 1. The minimum absolute atomic E-state index is 0.111. The van der Waals surface area contributed by atoms with Crippen LogP contribution in [0.25, 0.3) is 0 Å². The van der Waals surface area contributed by atoms with E-state index in [0.717, 1.165) is 0 Å². The summed E-state index contributed by atoms with van der Waals surface area (Å²) in [5.41, 5.74) is 0. The number of piperidine rings is 1. The number of nitrogens with zero attached hydrogens (tertiary/aromatic N) is 1. The summed E-state index contributed by atoms with van der Waals surface area (Å²) < 4.78 is 49.9. The summed E-state index contributed by atoms with van der Waals surface area (Å²) in [5.74, 6) is -0.316. The molecule has 1 saturated heterocycles. The second-order valence-corrected chi connectivity index (χ2v) is 12.7. The first-order chi connectivity index (χ1) is 13.6. The normalized spacial score (nSPS) is 21.2. The number of hydrogen-bond acceptors (Lipinski definition) is 5. The topological polar surface area (TPSA) is 101 Å². The molecule has 0 aromatic heterocycles. The van der Waals surface area contributed by atoms with Crippen LogP contribution in [0.15, 0.2) is 29.2 Å². The van der Waals surface area contributed by atoms with E-state index in [0.29, 0.717) is 63.2 Å². The minimum Gasteiger partial charge on any atom is -0.354 e. The predicted octanol–water partition coefficient (Wildman–Crippen LogP) is 2.21. The zero-order valence-electron chi connectivity index (χ0n) is 16.4. The molecule has 162 valence electrons. The first-order valence-corrected chi connectivity index (χ1v) is 13.5. The maximum absolute atomic E-state index is 13.3. The molecular formula is C19H27ClN2O5S2. The summed E-state index contributed by atoms with van der Waals surface area (Å²) in [6, 6.07) is 5.94. The molecule has 1 amide bonds. The molecule has 3 rings (SSSR count). The highest BCUT2D eigenvalue weighted by Gasteiger charge is 2.52. The predicted molar refractivity (Wildman–Crippen MR) is 112 cm³/mol. The van der Waals surface area contributed by atoms with Crippen molar-refractivity contribution in [3.8, 4) is 0 Å². The molecule has 1 N–H and O–H groups in total. The molecule has 1 aromatic rings. The second-order valence-electron chi connectivity index (χ2n) is 7.97. The summed E-state index contributed by atoms with van der Waals surface area (Å²) >= 11 is 5.88. The van der Waals surface area contributed by atoms with Gasteiger partial charge in [-0.1, -0.05) is 24.4 Å². The molecule has 1 aliphatic heterocycles. The first-order valence-electron chi connectivity index (χ1n) is 9.80. The second kappa shape index (κ2) is 8.53. The molecule has 1 aliphatic carbocycles. The van der Waals surface area contributed by atoms with Gasteiger partial charge in [0.05, 0.1) is 11.2 Å². The maximum Gasteiger partial charge on any atom is 0.241 e. The summed E-state index contributed by atoms with van der Waals surface area (Å²) in [6.45, 7) is 1.20. The number of sulfone groups is 1. The van der Waals surface area contributed by atoms with E-state index in [1.165, 1.54) is 34.8 Å². The summed E-state index contributed by atoms with van der Waals surface area (Å²) in [5, 5.41) is 3.30. The van der Waals surface area contributed by atoms with Crippen molar-refractivity contribution in [2.75, 3.05) is 25.9 Å². The van der Waals surface area contributed by atoms with E-state index in [9.17, 15) is 21.6 Å². The monoisotopic (exact) mass is 462 g/mol. The highest BCUT2D eigenvalue weighted by molar-refractivity contribution is 7.93. The lowest BCUT2D eigenvalue weighted by Gasteiger charge is -2.32. The van der Waals surface area contributed by atoms with Gasteiger partial charge < -0.3 is 5.32 Å². The van der Waals surface area contributed by atoms with E-state index in [-0.39, 0.29) is 10.8 Å². The van der Waals surface area contributed by atoms with Gasteiger partial charge in [-0.2, -0.15) is 0 Å². The standard InChI is InChI=1S/C19H27ClN2O5S2/c1-28(24,25)22-12-8-15(9-13-22)14-21-18(23)19(10-2-3-11-19)29(26,27)17-6-4-16(20)5-7-17/h4-7,15H,2-3,8-14H2,1H3,(H,21,23). The lowest BCUT2D eigenvalue weighted by atomic mass is 9.97. The largest absolute Gasteiger partial charge is 0.354 e. The summed E-state index contributed by atoms with van der Waals surface area (Å²) in [6.07, 6.45) is 4.46. The number of carbonyl (C=O) groups is 1. The summed E-state index contributed by atoms with van der Waals surface area (Å²) in [4.78, 5) is 13.2. The third kappa shape index (κ3) is 4.62. The van der Waals surface area contributed by atoms with E-state index in [4.69, 9.17) is 11.6 Å². The average Bonchev–Trinajstić information content (AvgIpc) is 3.18. The molecule has 1 aromatic carbocycles. The summed E-state index contributed by atoms with van der Waals surface area (Å²) in [7, 11) is -7.05. The zero-order valence-corrected chi connectivity index (χ0v) is 18.8. The van der Waals surface area contributed by atoms with E-state index in [1.54, 1.807) is 0 Å². The van der Waals surface area contributed by atoms with Crippen LogP contribution in [-0.2, 0) is 24.7 Å². The Labute approximate surface area is 177 Å². The van der Waals surface area contributed by atoms with Crippen molar-refractivity contribution in [1.82, 2.24) is 9.62 Å². The maximum atomic E-state index is 13.3. The highest BCUT2D eigenvalue weighted by Crippen LogP contribution is 2.41. The van der Waals surface area contributed by atoms with Crippen molar-refractivity contribution in [2.24, 2.45) is 5.92 Å². The third-order valence-corrected chi connectivity index (χ3v) is 10.1. The van der Waals surface area contributed by atoms with Crippen molar-refractivity contribution >= 4 is 37.4 Å². The average molecular weight is 463 g/mol. The van der Waals surface area contributed by atoms with Gasteiger partial charge in [0.1, 0.15) is 0 Å². The van der Waals surface area contributed by atoms with Crippen LogP contribution in [0.3, 0.4) is 0 Å². The van der Waals surface area contributed by atoms with E-state index in [2.05, 4.69) is 5.32 Å². The van der Waals surface area contributed by atoms with Gasteiger partial charge in [-0.25, -0.2) is 21.1 Å². The molecule has 2 aliphatic rings. The van der Waals surface area contributed by atoms with Gasteiger partial charge in [0.25, 0.3) is 0 Å². The van der Waals surface area contributed by atoms with E-state index >= 15 is 0 Å². The zero-order chi connectivity index (χ0) is 21.3. The number of halogens is 1. The molecule has 29 heavy (non-hydrogen) atoms. The van der Waals surface area contributed by atoms with Crippen LogP contribution in [-0.4, -0.2) is 57.7 Å². The molecule has 1 heterocycles. The van der Waals surface area contributed by atoms with Crippen LogP contribution in [0.4, 0.5) is 0 Å². The van der Waals surface area contributed by atoms with Gasteiger partial charge in [0, 0.05) is 24.7 Å². The quantitative estimate of drug-likeness (QED) is 0.698. The molecule has 7 nitrogen and oxygen atoms in total. The Bertz CT molecular complexity index is 947. The third-order valence-electron chi connectivity index (χ3n) is 6.06. The molecule has 1 saturated carbocycles. The Hall–Kier alpha value is -1.16. The molecule has 0 radical (unpaired) electrons. The van der Waals surface area contributed by atoms with Crippen LogP contribution in [0.1, 0.15) is 38.5 Å². The number of nitrogens with one attached hydrogen (secondary N) is 1. The number of sulfonamides is 1. The van der Waals surface area contributed by atoms with E-state index < -0.39 is 30.5 Å². The molecule has 0 spiro atoms. The molecule has 2 fully saturated rings. The Kier molecular flexibility index (Phi) is 6.62. The van der Waals surface area contributed by atoms with Crippen molar-refractivity contribution in [2.45, 2.75) is 48.2 Å². The number of benzene rings is 1.